The van der Waals surface area contributed by atoms with E-state index in [9.17, 15) is 0 Å². The maximum atomic E-state index is 5.76. The summed E-state index contributed by atoms with van der Waals surface area (Å²) in [6.07, 6.45) is 3.94. The van der Waals surface area contributed by atoms with Gasteiger partial charge >= 0.3 is 0 Å². The van der Waals surface area contributed by atoms with E-state index < -0.39 is 0 Å². The van der Waals surface area contributed by atoms with Crippen molar-refractivity contribution in [3.05, 3.63) is 30.6 Å². The summed E-state index contributed by atoms with van der Waals surface area (Å²) in [7, 11) is 7.70. The monoisotopic (exact) mass is 143 g/mol. The Bertz CT molecular complexity index is 392. The molecule has 3 radical (unpaired) electrons. The average molecular weight is 143 g/mol. The molecule has 53 valence electrons. The lowest BCUT2D eigenvalue weighted by Gasteiger charge is -1.99. The third-order valence-corrected chi connectivity index (χ3v) is 1.83. The molecule has 3 heteroatoms. The molecule has 0 bridgehead atoms. The van der Waals surface area contributed by atoms with Gasteiger partial charge in [0.15, 0.2) is 5.52 Å². The lowest BCUT2D eigenvalue weighted by molar-refractivity contribution is -0.651. The second-order valence-electron chi connectivity index (χ2n) is 2.59. The molecule has 0 saturated carbocycles. The quantitative estimate of drug-likeness (QED) is 0.349. The van der Waals surface area contributed by atoms with Crippen LogP contribution in [0.3, 0.4) is 0 Å². The van der Waals surface area contributed by atoms with Crippen molar-refractivity contribution in [1.29, 1.82) is 0 Å². The van der Waals surface area contributed by atoms with Gasteiger partial charge in [0.25, 0.3) is 0 Å². The Morgan fingerprint density at radius 3 is 3.00 bits per heavy atom. The molecular formula is C8H8BN2. The minimum absolute atomic E-state index is 0.751. The van der Waals surface area contributed by atoms with Gasteiger partial charge in [-0.3, -0.25) is 4.57 Å². The zero-order valence-corrected chi connectivity index (χ0v) is 6.36. The fraction of sp³-hybridized carbons (Fsp3) is 0.125. The summed E-state index contributed by atoms with van der Waals surface area (Å²) < 4.78 is 3.84. The highest BCUT2D eigenvalue weighted by Crippen LogP contribution is 1.95. The van der Waals surface area contributed by atoms with Gasteiger partial charge in [-0.2, -0.15) is 0 Å². The molecule has 0 spiro atoms. The van der Waals surface area contributed by atoms with E-state index in [1.54, 1.807) is 0 Å². The van der Waals surface area contributed by atoms with Gasteiger partial charge in [0, 0.05) is 0 Å². The molecule has 2 nitrogen and oxygen atoms in total. The number of aromatic nitrogens is 2. The first-order valence-electron chi connectivity index (χ1n) is 3.50. The maximum absolute atomic E-state index is 5.76. The van der Waals surface area contributed by atoms with Crippen LogP contribution in [0.4, 0.5) is 0 Å². The fourth-order valence-corrected chi connectivity index (χ4v) is 1.20. The van der Waals surface area contributed by atoms with E-state index in [1.807, 2.05) is 46.6 Å². The van der Waals surface area contributed by atoms with Crippen LogP contribution in [0.15, 0.2) is 30.6 Å². The molecular weight excluding hydrogens is 135 g/mol. The van der Waals surface area contributed by atoms with Gasteiger partial charge in [0.2, 0.25) is 0 Å². The van der Waals surface area contributed by atoms with E-state index in [0.717, 1.165) is 11.2 Å². The lowest BCUT2D eigenvalue weighted by atomic mass is 10.1. The topological polar surface area (TPSA) is 8.29 Å². The molecule has 11 heavy (non-hydrogen) atoms. The minimum atomic E-state index is 0.751. The summed E-state index contributed by atoms with van der Waals surface area (Å²) >= 11 is 0. The van der Waals surface area contributed by atoms with Crippen LogP contribution < -0.4 is 10.3 Å². The number of hydrogen-bond donors (Lipinski definition) is 0. The second kappa shape index (κ2) is 2.12. The van der Waals surface area contributed by atoms with Gasteiger partial charge in [-0.05, 0) is 17.9 Å². The van der Waals surface area contributed by atoms with Crippen LogP contribution in [-0.4, -0.2) is 12.2 Å². The molecule has 0 fully saturated rings. The molecule has 2 heterocycles. The number of pyridine rings is 1. The number of fused-ring (bicyclic) bond motifs is 1. The number of imidazole rings is 1. The molecule has 0 saturated heterocycles. The van der Waals surface area contributed by atoms with E-state index in [0.29, 0.717) is 0 Å². The predicted octanol–water partition coefficient (Wildman–Crippen LogP) is -0.442. The molecule has 0 aliphatic carbocycles. The Kier molecular flexibility index (Phi) is 1.25. The zero-order valence-electron chi connectivity index (χ0n) is 6.36. The van der Waals surface area contributed by atoms with E-state index in [2.05, 4.69) is 0 Å². The van der Waals surface area contributed by atoms with Gasteiger partial charge < -0.3 is 7.85 Å². The van der Waals surface area contributed by atoms with Crippen molar-refractivity contribution >= 4 is 19.1 Å². The molecule has 0 amide bonds. The Hall–Kier alpha value is -1.25. The number of aryl methyl sites for hydroxylation is 1. The summed E-state index contributed by atoms with van der Waals surface area (Å²) in [5, 5.41) is 0. The third-order valence-electron chi connectivity index (χ3n) is 1.83. The smallest absolute Gasteiger partial charge is 0.167 e. The van der Waals surface area contributed by atoms with Crippen LogP contribution in [0.2, 0.25) is 0 Å². The van der Waals surface area contributed by atoms with Crippen LogP contribution in [0, 0.1) is 0 Å². The van der Waals surface area contributed by atoms with Crippen LogP contribution in [-0.2, 0) is 7.05 Å². The largest absolute Gasteiger partial charge is 0.458 e. The average Bonchev–Trinajstić information content (AvgIpc) is 2.30. The van der Waals surface area contributed by atoms with Crippen molar-refractivity contribution in [3.63, 3.8) is 0 Å². The highest BCUT2D eigenvalue weighted by Gasteiger charge is 1.98. The molecule has 0 unspecified atom stereocenters. The van der Waals surface area contributed by atoms with E-state index >= 15 is 0 Å². The summed E-state index contributed by atoms with van der Waals surface area (Å²) in [6.45, 7) is 0. The van der Waals surface area contributed by atoms with E-state index in [1.165, 1.54) is 0 Å². The van der Waals surface area contributed by atoms with Gasteiger partial charge in [0.1, 0.15) is 6.20 Å². The first kappa shape index (κ1) is 6.46. The molecule has 2 rings (SSSR count). The molecule has 2 aromatic rings. The maximum Gasteiger partial charge on any atom is 0.167 e. The molecule has 0 aliphatic heterocycles. The lowest BCUT2D eigenvalue weighted by Crippen LogP contribution is -2.44. The van der Waals surface area contributed by atoms with Gasteiger partial charge in [-0.25, -0.2) is 4.40 Å². The zero-order chi connectivity index (χ0) is 7.84. The van der Waals surface area contributed by atoms with Crippen molar-refractivity contribution in [2.45, 2.75) is 0 Å². The van der Waals surface area contributed by atoms with Gasteiger partial charge in [-0.15, -0.1) is 0 Å². The highest BCUT2D eigenvalue weighted by atomic mass is 15.1. The van der Waals surface area contributed by atoms with Crippen LogP contribution >= 0.6 is 0 Å². The Morgan fingerprint density at radius 1 is 1.45 bits per heavy atom. The molecule has 0 atom stereocenters. The Balaban J connectivity index is 2.92. The SMILES string of the molecule is [B-]c1n2ccccc2c[n+]1C. The van der Waals surface area contributed by atoms with E-state index in [4.69, 9.17) is 7.85 Å². The predicted molar refractivity (Wildman–Crippen MR) is 44.0 cm³/mol. The summed E-state index contributed by atoms with van der Waals surface area (Å²) in [5.41, 5.74) is 1.87. The van der Waals surface area contributed by atoms with Crippen LogP contribution in [0.25, 0.3) is 5.52 Å². The van der Waals surface area contributed by atoms with Crippen molar-refractivity contribution in [3.8, 4) is 0 Å². The summed E-state index contributed by atoms with van der Waals surface area (Å²) in [5.74, 6) is 0. The Morgan fingerprint density at radius 2 is 2.27 bits per heavy atom. The number of nitrogens with zero attached hydrogens (tertiary/aromatic N) is 2. The molecule has 0 aliphatic rings. The first-order chi connectivity index (χ1) is 5.29. The van der Waals surface area contributed by atoms with Crippen LogP contribution in [0.1, 0.15) is 0 Å². The van der Waals surface area contributed by atoms with E-state index in [-0.39, 0.29) is 0 Å². The minimum Gasteiger partial charge on any atom is -0.458 e. The van der Waals surface area contributed by atoms with Crippen molar-refractivity contribution in [1.82, 2.24) is 4.40 Å². The number of rotatable bonds is 0. The Labute approximate surface area is 66.5 Å². The van der Waals surface area contributed by atoms with Gasteiger partial charge in [-0.1, -0.05) is 6.07 Å². The van der Waals surface area contributed by atoms with Crippen LogP contribution in [0.5, 0.6) is 0 Å². The van der Waals surface area contributed by atoms with Crippen molar-refractivity contribution < 1.29 is 4.57 Å². The second-order valence-corrected chi connectivity index (χ2v) is 2.59. The highest BCUT2D eigenvalue weighted by molar-refractivity contribution is 6.28. The normalized spacial score (nSPS) is 10.7. The molecule has 0 N–H and O–H groups in total. The number of hydrogen-bond acceptors (Lipinski definition) is 0. The molecule has 2 aromatic heterocycles. The van der Waals surface area contributed by atoms with Crippen molar-refractivity contribution in [2.24, 2.45) is 7.05 Å². The fourth-order valence-electron chi connectivity index (χ4n) is 1.20. The molecule has 0 aromatic carbocycles. The third kappa shape index (κ3) is 0.844. The van der Waals surface area contributed by atoms with Gasteiger partial charge in [0.05, 0.1) is 13.2 Å². The first-order valence-corrected chi connectivity index (χ1v) is 3.50. The van der Waals surface area contributed by atoms with Crippen molar-refractivity contribution in [2.75, 3.05) is 0 Å². The summed E-state index contributed by atoms with van der Waals surface area (Å²) in [6, 6.07) is 5.98. The standard InChI is InChI=1S/C8H8BN2/c1-10-6-7-4-2-3-5-11(7)8(10)9/h2-6H,1H3. The summed E-state index contributed by atoms with van der Waals surface area (Å²) in [4.78, 5) is 0.